The van der Waals surface area contributed by atoms with Crippen LogP contribution in [0.3, 0.4) is 0 Å². The zero-order chi connectivity index (χ0) is 14.1. The Hall–Kier alpha value is -1.84. The van der Waals surface area contributed by atoms with E-state index in [1.807, 2.05) is 6.33 Å². The first-order valence-electron chi connectivity index (χ1n) is 8.15. The van der Waals surface area contributed by atoms with Crippen molar-refractivity contribution in [2.24, 2.45) is 0 Å². The maximum Gasteiger partial charge on any atom is 0.140 e. The Bertz CT molecular complexity index is 613. The second kappa shape index (κ2) is 5.51. The van der Waals surface area contributed by atoms with Gasteiger partial charge in [0.2, 0.25) is 0 Å². The molecule has 4 heteroatoms. The van der Waals surface area contributed by atoms with Crippen molar-refractivity contribution < 1.29 is 0 Å². The van der Waals surface area contributed by atoms with Crippen molar-refractivity contribution in [1.29, 1.82) is 0 Å². The molecule has 110 valence electrons. The third kappa shape index (κ3) is 2.33. The Balaban J connectivity index is 1.70. The van der Waals surface area contributed by atoms with E-state index in [0.29, 0.717) is 12.0 Å². The summed E-state index contributed by atoms with van der Waals surface area (Å²) >= 11 is 0. The first-order valence-corrected chi connectivity index (χ1v) is 8.15. The number of aromatic nitrogens is 3. The zero-order valence-corrected chi connectivity index (χ0v) is 12.3. The summed E-state index contributed by atoms with van der Waals surface area (Å²) in [4.78, 5) is 0. The molecule has 1 saturated carbocycles. The van der Waals surface area contributed by atoms with Crippen LogP contribution in [0.4, 0.5) is 5.69 Å². The standard InChI is InChI=1S/C17H22N4/c1-2-6-13(7-3-1)21-12-19-20-17(21)15-10-11-18-16-9-5-4-8-14(15)16/h4-5,8-9,12-13,15,18H,1-3,6-7,10-11H2. The molecule has 1 atom stereocenters. The number of hydrogen-bond donors (Lipinski definition) is 1. The Labute approximate surface area is 125 Å². The number of hydrogen-bond acceptors (Lipinski definition) is 3. The Morgan fingerprint density at radius 1 is 1.05 bits per heavy atom. The van der Waals surface area contributed by atoms with Gasteiger partial charge >= 0.3 is 0 Å². The van der Waals surface area contributed by atoms with Crippen LogP contribution in [0.15, 0.2) is 30.6 Å². The highest BCUT2D eigenvalue weighted by Crippen LogP contribution is 2.38. The molecule has 0 spiro atoms. The largest absolute Gasteiger partial charge is 0.385 e. The molecule has 4 rings (SSSR count). The first kappa shape index (κ1) is 12.9. The van der Waals surface area contributed by atoms with E-state index in [9.17, 15) is 0 Å². The van der Waals surface area contributed by atoms with Crippen molar-refractivity contribution in [1.82, 2.24) is 14.8 Å². The van der Waals surface area contributed by atoms with E-state index in [4.69, 9.17) is 0 Å². The van der Waals surface area contributed by atoms with Crippen LogP contribution in [-0.2, 0) is 0 Å². The second-order valence-corrected chi connectivity index (χ2v) is 6.24. The van der Waals surface area contributed by atoms with Crippen molar-refractivity contribution in [3.05, 3.63) is 42.0 Å². The number of fused-ring (bicyclic) bond motifs is 1. The summed E-state index contributed by atoms with van der Waals surface area (Å²) in [5.74, 6) is 1.54. The predicted octanol–water partition coefficient (Wildman–Crippen LogP) is 3.73. The first-order chi connectivity index (χ1) is 10.4. The molecule has 1 fully saturated rings. The third-order valence-electron chi connectivity index (χ3n) is 4.97. The van der Waals surface area contributed by atoms with Gasteiger partial charge in [0, 0.05) is 24.2 Å². The lowest BCUT2D eigenvalue weighted by Crippen LogP contribution is -2.22. The summed E-state index contributed by atoms with van der Waals surface area (Å²) in [7, 11) is 0. The van der Waals surface area contributed by atoms with Gasteiger partial charge in [0.1, 0.15) is 12.2 Å². The molecular weight excluding hydrogens is 260 g/mol. The van der Waals surface area contributed by atoms with Crippen molar-refractivity contribution in [3.8, 4) is 0 Å². The van der Waals surface area contributed by atoms with Crippen LogP contribution >= 0.6 is 0 Å². The molecule has 1 unspecified atom stereocenters. The molecule has 2 aromatic rings. The maximum atomic E-state index is 4.50. The average molecular weight is 282 g/mol. The maximum absolute atomic E-state index is 4.50. The molecular formula is C17H22N4. The quantitative estimate of drug-likeness (QED) is 0.912. The van der Waals surface area contributed by atoms with Crippen LogP contribution in [-0.4, -0.2) is 21.3 Å². The van der Waals surface area contributed by atoms with Gasteiger partial charge in [-0.25, -0.2) is 0 Å². The van der Waals surface area contributed by atoms with Gasteiger partial charge < -0.3 is 9.88 Å². The Morgan fingerprint density at radius 2 is 1.90 bits per heavy atom. The fourth-order valence-corrected chi connectivity index (χ4v) is 3.88. The SMILES string of the molecule is c1ccc2c(c1)NCCC2c1nncn1C1CCCCC1. The second-order valence-electron chi connectivity index (χ2n) is 6.24. The molecule has 1 N–H and O–H groups in total. The fraction of sp³-hybridized carbons (Fsp3) is 0.529. The minimum atomic E-state index is 0.381. The molecule has 1 aromatic heterocycles. The molecule has 0 amide bonds. The molecule has 1 aliphatic heterocycles. The minimum Gasteiger partial charge on any atom is -0.385 e. The van der Waals surface area contributed by atoms with Crippen molar-refractivity contribution in [2.45, 2.75) is 50.5 Å². The topological polar surface area (TPSA) is 42.7 Å². The van der Waals surface area contributed by atoms with E-state index in [1.54, 1.807) is 0 Å². The molecule has 1 aliphatic carbocycles. The summed E-state index contributed by atoms with van der Waals surface area (Å²) in [6, 6.07) is 9.22. The van der Waals surface area contributed by atoms with Gasteiger partial charge in [0.05, 0.1) is 0 Å². The predicted molar refractivity (Wildman–Crippen MR) is 83.5 cm³/mol. The van der Waals surface area contributed by atoms with Crippen LogP contribution in [0.25, 0.3) is 0 Å². The zero-order valence-electron chi connectivity index (χ0n) is 12.3. The van der Waals surface area contributed by atoms with E-state index >= 15 is 0 Å². The lowest BCUT2D eigenvalue weighted by molar-refractivity contribution is 0.341. The lowest BCUT2D eigenvalue weighted by atomic mass is 9.89. The van der Waals surface area contributed by atoms with Crippen LogP contribution < -0.4 is 5.32 Å². The van der Waals surface area contributed by atoms with Gasteiger partial charge in [0.25, 0.3) is 0 Å². The molecule has 0 bridgehead atoms. The number of para-hydroxylation sites is 1. The summed E-state index contributed by atoms with van der Waals surface area (Å²) in [6.07, 6.45) is 9.66. The van der Waals surface area contributed by atoms with Gasteiger partial charge in [-0.3, -0.25) is 0 Å². The summed E-state index contributed by atoms with van der Waals surface area (Å²) < 4.78 is 2.37. The van der Waals surface area contributed by atoms with E-state index in [0.717, 1.165) is 18.8 Å². The average Bonchev–Trinajstić information content (AvgIpc) is 3.04. The van der Waals surface area contributed by atoms with Gasteiger partial charge in [-0.05, 0) is 30.9 Å². The summed E-state index contributed by atoms with van der Waals surface area (Å²) in [6.45, 7) is 1.01. The van der Waals surface area contributed by atoms with Crippen LogP contribution in [0.5, 0.6) is 0 Å². The Morgan fingerprint density at radius 3 is 2.81 bits per heavy atom. The highest BCUT2D eigenvalue weighted by Gasteiger charge is 2.28. The van der Waals surface area contributed by atoms with Crippen molar-refractivity contribution in [2.75, 3.05) is 11.9 Å². The Kier molecular flexibility index (Phi) is 3.37. The normalized spacial score (nSPS) is 22.6. The van der Waals surface area contributed by atoms with E-state index in [-0.39, 0.29) is 0 Å². The van der Waals surface area contributed by atoms with Crippen LogP contribution in [0, 0.1) is 0 Å². The number of benzene rings is 1. The van der Waals surface area contributed by atoms with Gasteiger partial charge in [-0.15, -0.1) is 10.2 Å². The number of anilines is 1. The molecule has 2 heterocycles. The summed E-state index contributed by atoms with van der Waals surface area (Å²) in [5, 5.41) is 12.2. The van der Waals surface area contributed by atoms with Crippen molar-refractivity contribution in [3.63, 3.8) is 0 Å². The molecule has 0 radical (unpaired) electrons. The molecule has 2 aliphatic rings. The van der Waals surface area contributed by atoms with Gasteiger partial charge in [-0.2, -0.15) is 0 Å². The molecule has 1 aromatic carbocycles. The van der Waals surface area contributed by atoms with Crippen LogP contribution in [0.2, 0.25) is 0 Å². The van der Waals surface area contributed by atoms with Crippen LogP contribution in [0.1, 0.15) is 61.9 Å². The molecule has 0 saturated heterocycles. The molecule has 21 heavy (non-hydrogen) atoms. The lowest BCUT2D eigenvalue weighted by Gasteiger charge is -2.29. The summed E-state index contributed by atoms with van der Waals surface area (Å²) in [5.41, 5.74) is 2.63. The highest BCUT2D eigenvalue weighted by atomic mass is 15.3. The number of nitrogens with one attached hydrogen (secondary N) is 1. The van der Waals surface area contributed by atoms with E-state index in [2.05, 4.69) is 44.3 Å². The van der Waals surface area contributed by atoms with Gasteiger partial charge in [-0.1, -0.05) is 37.5 Å². The van der Waals surface area contributed by atoms with E-state index in [1.165, 1.54) is 43.4 Å². The van der Waals surface area contributed by atoms with E-state index < -0.39 is 0 Å². The van der Waals surface area contributed by atoms with Crippen molar-refractivity contribution >= 4 is 5.69 Å². The number of rotatable bonds is 2. The van der Waals surface area contributed by atoms with Gasteiger partial charge in [0.15, 0.2) is 0 Å². The monoisotopic (exact) mass is 282 g/mol. The fourth-order valence-electron chi connectivity index (χ4n) is 3.88. The third-order valence-corrected chi connectivity index (χ3v) is 4.97. The molecule has 4 nitrogen and oxygen atoms in total. The smallest absolute Gasteiger partial charge is 0.140 e. The number of nitrogens with zero attached hydrogens (tertiary/aromatic N) is 3. The minimum absolute atomic E-state index is 0.381. The highest BCUT2D eigenvalue weighted by molar-refractivity contribution is 5.56.